The van der Waals surface area contributed by atoms with E-state index in [-0.39, 0.29) is 29.8 Å². The van der Waals surface area contributed by atoms with Crippen LogP contribution in [0.15, 0.2) is 12.2 Å². The highest BCUT2D eigenvalue weighted by Gasteiger charge is 2.66. The van der Waals surface area contributed by atoms with Crippen LogP contribution in [0.3, 0.4) is 0 Å². The third-order valence-electron chi connectivity index (χ3n) is 6.04. The Balaban J connectivity index is 1.47. The molecule has 3 saturated heterocycles. The molecule has 4 atom stereocenters. The van der Waals surface area contributed by atoms with Gasteiger partial charge in [0.05, 0.1) is 24.5 Å². The molecule has 6 heteroatoms. The van der Waals surface area contributed by atoms with Crippen LogP contribution in [0.2, 0.25) is 0 Å². The number of carbonyl (C=O) groups excluding carboxylic acids is 2. The minimum absolute atomic E-state index is 0.00227. The standard InChI is InChI=1S/C18H27N3O3/c1-19(2)16(22)14-13-6-7-18(24-13)12-21(17(23)15(14)18)11-10-20-8-4-3-5-9-20/h6-7,13-15H,3-5,8-12H2,1-2H3/t13-,14-,15+,18-/m0/s1. The van der Waals surface area contributed by atoms with E-state index in [0.29, 0.717) is 6.54 Å². The Labute approximate surface area is 143 Å². The number of amides is 2. The maximum atomic E-state index is 13.0. The van der Waals surface area contributed by atoms with E-state index >= 15 is 0 Å². The second-order valence-corrected chi connectivity index (χ2v) is 7.79. The lowest BCUT2D eigenvalue weighted by Crippen LogP contribution is -2.44. The summed E-state index contributed by atoms with van der Waals surface area (Å²) >= 11 is 0. The van der Waals surface area contributed by atoms with Crippen LogP contribution < -0.4 is 0 Å². The molecule has 24 heavy (non-hydrogen) atoms. The fourth-order valence-electron chi connectivity index (χ4n) is 4.79. The molecule has 2 bridgehead atoms. The van der Waals surface area contributed by atoms with Crippen LogP contribution in [0.5, 0.6) is 0 Å². The number of ether oxygens (including phenoxy) is 1. The fourth-order valence-corrected chi connectivity index (χ4v) is 4.79. The Morgan fingerprint density at radius 1 is 1.29 bits per heavy atom. The van der Waals surface area contributed by atoms with Crippen molar-refractivity contribution in [3.05, 3.63) is 12.2 Å². The van der Waals surface area contributed by atoms with Crippen LogP contribution in [0, 0.1) is 11.8 Å². The first-order valence-electron chi connectivity index (χ1n) is 9.11. The lowest BCUT2D eigenvalue weighted by atomic mass is 9.76. The molecule has 0 aliphatic carbocycles. The van der Waals surface area contributed by atoms with E-state index in [2.05, 4.69) is 4.90 Å². The first kappa shape index (κ1) is 16.1. The van der Waals surface area contributed by atoms with Gasteiger partial charge in [-0.25, -0.2) is 0 Å². The van der Waals surface area contributed by atoms with Crippen LogP contribution in [0.1, 0.15) is 19.3 Å². The van der Waals surface area contributed by atoms with Crippen molar-refractivity contribution in [3.63, 3.8) is 0 Å². The SMILES string of the molecule is CN(C)C(=O)[C@H]1[C@@H]2C=C[C@@]3(CN(CCN4CCCCC4)C(=O)[C@@H]13)O2. The van der Waals surface area contributed by atoms with E-state index in [0.717, 1.165) is 26.2 Å². The number of rotatable bonds is 4. The van der Waals surface area contributed by atoms with Crippen molar-refractivity contribution in [2.45, 2.75) is 31.0 Å². The molecule has 4 aliphatic rings. The molecular weight excluding hydrogens is 306 g/mol. The molecule has 132 valence electrons. The largest absolute Gasteiger partial charge is 0.360 e. The molecule has 0 aromatic carbocycles. The van der Waals surface area contributed by atoms with E-state index in [1.54, 1.807) is 19.0 Å². The number of likely N-dealkylation sites (tertiary alicyclic amines) is 2. The van der Waals surface area contributed by atoms with Crippen molar-refractivity contribution in [1.82, 2.24) is 14.7 Å². The first-order valence-corrected chi connectivity index (χ1v) is 9.11. The third kappa shape index (κ3) is 2.39. The highest BCUT2D eigenvalue weighted by Crippen LogP contribution is 2.52. The maximum absolute atomic E-state index is 13.0. The second kappa shape index (κ2) is 5.85. The zero-order valence-corrected chi connectivity index (χ0v) is 14.6. The zero-order valence-electron chi connectivity index (χ0n) is 14.6. The van der Waals surface area contributed by atoms with Gasteiger partial charge in [0.1, 0.15) is 5.60 Å². The minimum Gasteiger partial charge on any atom is -0.360 e. The summed E-state index contributed by atoms with van der Waals surface area (Å²) < 4.78 is 6.13. The van der Waals surface area contributed by atoms with E-state index in [9.17, 15) is 9.59 Å². The van der Waals surface area contributed by atoms with Gasteiger partial charge in [0, 0.05) is 27.2 Å². The molecule has 0 saturated carbocycles. The van der Waals surface area contributed by atoms with Crippen LogP contribution in [-0.4, -0.2) is 85.0 Å². The number of hydrogen-bond acceptors (Lipinski definition) is 4. The number of fused-ring (bicyclic) bond motifs is 1. The number of piperidine rings is 1. The van der Waals surface area contributed by atoms with Gasteiger partial charge >= 0.3 is 0 Å². The summed E-state index contributed by atoms with van der Waals surface area (Å²) in [5.41, 5.74) is -0.569. The van der Waals surface area contributed by atoms with Crippen molar-refractivity contribution >= 4 is 11.8 Å². The number of hydrogen-bond donors (Lipinski definition) is 0. The summed E-state index contributed by atoms with van der Waals surface area (Å²) in [6.07, 6.45) is 7.60. The van der Waals surface area contributed by atoms with Gasteiger partial charge in [-0.1, -0.05) is 18.6 Å². The molecule has 3 fully saturated rings. The van der Waals surface area contributed by atoms with Crippen molar-refractivity contribution < 1.29 is 14.3 Å². The lowest BCUT2D eigenvalue weighted by molar-refractivity contribution is -0.141. The van der Waals surface area contributed by atoms with Gasteiger partial charge in [-0.3, -0.25) is 9.59 Å². The molecule has 6 nitrogen and oxygen atoms in total. The summed E-state index contributed by atoms with van der Waals surface area (Å²) in [6.45, 7) is 4.53. The molecule has 0 aromatic rings. The molecule has 1 spiro atoms. The predicted octanol–water partition coefficient (Wildman–Crippen LogP) is 0.343. The third-order valence-corrected chi connectivity index (χ3v) is 6.04. The lowest BCUT2D eigenvalue weighted by Gasteiger charge is -2.29. The molecule has 0 aromatic heterocycles. The minimum atomic E-state index is -0.569. The van der Waals surface area contributed by atoms with E-state index in [1.807, 2.05) is 17.1 Å². The second-order valence-electron chi connectivity index (χ2n) is 7.79. The Hall–Kier alpha value is -1.40. The maximum Gasteiger partial charge on any atom is 0.230 e. The van der Waals surface area contributed by atoms with Crippen LogP contribution in [0.4, 0.5) is 0 Å². The van der Waals surface area contributed by atoms with Gasteiger partial charge in [0.15, 0.2) is 0 Å². The van der Waals surface area contributed by atoms with Gasteiger partial charge in [-0.2, -0.15) is 0 Å². The Kier molecular flexibility index (Phi) is 3.92. The van der Waals surface area contributed by atoms with Crippen molar-refractivity contribution in [2.75, 3.05) is 46.8 Å². The summed E-state index contributed by atoms with van der Waals surface area (Å²) in [4.78, 5) is 31.5. The molecule has 0 radical (unpaired) electrons. The normalized spacial score (nSPS) is 38.0. The van der Waals surface area contributed by atoms with Gasteiger partial charge in [0.2, 0.25) is 11.8 Å². The smallest absolute Gasteiger partial charge is 0.230 e. The van der Waals surface area contributed by atoms with Crippen molar-refractivity contribution in [2.24, 2.45) is 11.8 Å². The van der Waals surface area contributed by atoms with E-state index < -0.39 is 5.60 Å². The number of nitrogens with zero attached hydrogens (tertiary/aromatic N) is 3. The summed E-state index contributed by atoms with van der Waals surface area (Å²) in [7, 11) is 3.50. The summed E-state index contributed by atoms with van der Waals surface area (Å²) in [5.74, 6) is -0.609. The van der Waals surface area contributed by atoms with Gasteiger partial charge in [0.25, 0.3) is 0 Å². The zero-order chi connectivity index (χ0) is 16.9. The predicted molar refractivity (Wildman–Crippen MR) is 89.3 cm³/mol. The molecule has 2 amide bonds. The van der Waals surface area contributed by atoms with Gasteiger partial charge in [-0.05, 0) is 25.9 Å². The Morgan fingerprint density at radius 2 is 2.04 bits per heavy atom. The van der Waals surface area contributed by atoms with E-state index in [4.69, 9.17) is 4.74 Å². The Morgan fingerprint density at radius 3 is 2.75 bits per heavy atom. The van der Waals surface area contributed by atoms with Crippen molar-refractivity contribution in [1.29, 1.82) is 0 Å². The van der Waals surface area contributed by atoms with Crippen molar-refractivity contribution in [3.8, 4) is 0 Å². The summed E-state index contributed by atoms with van der Waals surface area (Å²) in [5, 5.41) is 0. The van der Waals surface area contributed by atoms with Crippen LogP contribution in [0.25, 0.3) is 0 Å². The fraction of sp³-hybridized carbons (Fsp3) is 0.778. The molecular formula is C18H27N3O3. The average molecular weight is 333 g/mol. The highest BCUT2D eigenvalue weighted by molar-refractivity contribution is 5.92. The van der Waals surface area contributed by atoms with Crippen LogP contribution in [-0.2, 0) is 14.3 Å². The topological polar surface area (TPSA) is 53.1 Å². The number of carbonyl (C=O) groups is 2. The highest BCUT2D eigenvalue weighted by atomic mass is 16.5. The Bertz CT molecular complexity index is 570. The molecule has 4 heterocycles. The summed E-state index contributed by atoms with van der Waals surface area (Å²) in [6, 6.07) is 0. The van der Waals surface area contributed by atoms with E-state index in [1.165, 1.54) is 19.3 Å². The monoisotopic (exact) mass is 333 g/mol. The first-order chi connectivity index (χ1) is 11.5. The quantitative estimate of drug-likeness (QED) is 0.697. The molecule has 4 aliphatic heterocycles. The molecule has 4 rings (SSSR count). The average Bonchev–Trinajstić information content (AvgIpc) is 3.21. The molecule has 0 N–H and O–H groups in total. The van der Waals surface area contributed by atoms with Crippen LogP contribution >= 0.6 is 0 Å². The molecule has 0 unspecified atom stereocenters. The van der Waals surface area contributed by atoms with Gasteiger partial charge < -0.3 is 19.4 Å². The van der Waals surface area contributed by atoms with Gasteiger partial charge in [-0.15, -0.1) is 0 Å².